The number of hydrogen-bond acceptors (Lipinski definition) is 6. The highest BCUT2D eigenvalue weighted by Gasteiger charge is 2.44. The van der Waals surface area contributed by atoms with E-state index in [0.29, 0.717) is 38.4 Å². The molecule has 2 aliphatic carbocycles. The minimum absolute atomic E-state index is 0.0536. The van der Waals surface area contributed by atoms with Gasteiger partial charge in [-0.2, -0.15) is 12.7 Å². The fourth-order valence-electron chi connectivity index (χ4n) is 7.70. The monoisotopic (exact) mass is 629 g/mol. The van der Waals surface area contributed by atoms with Crippen molar-refractivity contribution in [1.82, 2.24) is 4.31 Å². The third kappa shape index (κ3) is 6.17. The molecule has 6 rings (SSSR count). The summed E-state index contributed by atoms with van der Waals surface area (Å²) in [5.41, 5.74) is 3.21. The van der Waals surface area contributed by atoms with Crippen LogP contribution in [-0.4, -0.2) is 67.3 Å². The van der Waals surface area contributed by atoms with Crippen molar-refractivity contribution in [2.24, 2.45) is 17.0 Å². The van der Waals surface area contributed by atoms with Crippen LogP contribution in [0.4, 0.5) is 5.69 Å². The third-order valence-corrected chi connectivity index (χ3v) is 11.4. The van der Waals surface area contributed by atoms with Gasteiger partial charge in [0.05, 0.1) is 24.0 Å². The van der Waals surface area contributed by atoms with Crippen LogP contribution in [0, 0.1) is 11.8 Å². The molecule has 0 amide bonds. The number of hydrogen-bond donors (Lipinski definition) is 3. The van der Waals surface area contributed by atoms with Gasteiger partial charge in [0.2, 0.25) is 0 Å². The molecule has 2 aromatic rings. The number of aromatic carboxylic acids is 1. The van der Waals surface area contributed by atoms with Crippen LogP contribution in [0.3, 0.4) is 0 Å². The fourth-order valence-corrected chi connectivity index (χ4v) is 8.88. The molecule has 2 heterocycles. The number of fused-ring (bicyclic) bond motifs is 3. The largest absolute Gasteiger partial charge is 0.490 e. The Morgan fingerprint density at radius 2 is 2.02 bits per heavy atom. The number of rotatable bonds is 8. The van der Waals surface area contributed by atoms with Crippen LogP contribution in [0.2, 0.25) is 5.02 Å². The molecule has 1 saturated heterocycles. The molecule has 0 radical (unpaired) electrons. The van der Waals surface area contributed by atoms with Crippen LogP contribution >= 0.6 is 11.6 Å². The van der Waals surface area contributed by atoms with Crippen molar-refractivity contribution >= 4 is 33.5 Å². The van der Waals surface area contributed by atoms with Crippen molar-refractivity contribution in [1.29, 1.82) is 0 Å². The van der Waals surface area contributed by atoms with E-state index in [9.17, 15) is 23.4 Å². The topological polar surface area (TPSA) is 133 Å². The van der Waals surface area contributed by atoms with Crippen LogP contribution in [0.25, 0.3) is 0 Å². The quantitative estimate of drug-likeness (QED) is 0.366. The van der Waals surface area contributed by atoms with Gasteiger partial charge in [-0.05, 0) is 105 Å². The number of nitrogens with two attached hydrogens (primary N) is 1. The fraction of sp³-hybridized carbons (Fsp3) is 0.531. The number of nitrogens with zero attached hydrogens (tertiary/aromatic N) is 2. The summed E-state index contributed by atoms with van der Waals surface area (Å²) in [5.74, 6) is -0.0466. The maximum absolute atomic E-state index is 11.9. The first-order valence-corrected chi connectivity index (χ1v) is 17.1. The zero-order chi connectivity index (χ0) is 30.4. The molecule has 4 N–H and O–H groups in total. The average molecular weight is 630 g/mol. The second kappa shape index (κ2) is 12.0. The van der Waals surface area contributed by atoms with Gasteiger partial charge in [-0.15, -0.1) is 0 Å². The molecule has 2 fully saturated rings. The number of aryl methyl sites for hydroxylation is 1. The highest BCUT2D eigenvalue weighted by Crippen LogP contribution is 2.46. The molecule has 2 aliphatic heterocycles. The Labute approximate surface area is 258 Å². The molecule has 2 aromatic carbocycles. The number of halogens is 1. The minimum atomic E-state index is -3.73. The Bertz CT molecular complexity index is 1520. The third-order valence-electron chi connectivity index (χ3n) is 10.0. The zero-order valence-corrected chi connectivity index (χ0v) is 25.8. The van der Waals surface area contributed by atoms with E-state index in [1.807, 2.05) is 12.1 Å². The summed E-state index contributed by atoms with van der Waals surface area (Å²) in [5, 5.41) is 27.0. The lowest BCUT2D eigenvalue weighted by atomic mass is 9.68. The Kier molecular flexibility index (Phi) is 8.52. The molecule has 0 aromatic heterocycles. The molecule has 43 heavy (non-hydrogen) atoms. The van der Waals surface area contributed by atoms with Crippen LogP contribution in [0.1, 0.15) is 66.4 Å². The van der Waals surface area contributed by atoms with Crippen LogP contribution in [0.5, 0.6) is 5.75 Å². The van der Waals surface area contributed by atoms with E-state index in [4.69, 9.17) is 21.5 Å². The first kappa shape index (κ1) is 30.4. The number of aliphatic hydroxyl groups excluding tert-OH is 1. The van der Waals surface area contributed by atoms with Gasteiger partial charge in [0.15, 0.2) is 0 Å². The van der Waals surface area contributed by atoms with Crippen LogP contribution < -0.4 is 14.8 Å². The van der Waals surface area contributed by atoms with Gasteiger partial charge in [0, 0.05) is 36.1 Å². The zero-order valence-electron chi connectivity index (χ0n) is 24.2. The van der Waals surface area contributed by atoms with Gasteiger partial charge in [-0.25, -0.2) is 9.93 Å². The normalized spacial score (nSPS) is 28.2. The summed E-state index contributed by atoms with van der Waals surface area (Å²) in [6.45, 7) is 2.28. The lowest BCUT2D eigenvalue weighted by molar-refractivity contribution is 0.0455. The van der Waals surface area contributed by atoms with Crippen molar-refractivity contribution in [2.75, 3.05) is 31.1 Å². The van der Waals surface area contributed by atoms with E-state index in [2.05, 4.69) is 17.0 Å². The maximum atomic E-state index is 11.9. The number of benzene rings is 2. The van der Waals surface area contributed by atoms with E-state index in [1.54, 1.807) is 24.3 Å². The van der Waals surface area contributed by atoms with E-state index >= 15 is 0 Å². The highest BCUT2D eigenvalue weighted by atomic mass is 35.5. The van der Waals surface area contributed by atoms with Gasteiger partial charge in [0.25, 0.3) is 10.2 Å². The molecule has 9 nitrogen and oxygen atoms in total. The molecular formula is C32H40ClN3O6S. The summed E-state index contributed by atoms with van der Waals surface area (Å²) in [7, 11) is -3.73. The van der Waals surface area contributed by atoms with Gasteiger partial charge < -0.3 is 19.8 Å². The van der Waals surface area contributed by atoms with Gasteiger partial charge in [-0.1, -0.05) is 29.8 Å². The van der Waals surface area contributed by atoms with Crippen molar-refractivity contribution in [3.05, 3.63) is 70.3 Å². The predicted molar refractivity (Wildman–Crippen MR) is 166 cm³/mol. The second-order valence-electron chi connectivity index (χ2n) is 12.7. The lowest BCUT2D eigenvalue weighted by Gasteiger charge is -2.45. The van der Waals surface area contributed by atoms with Crippen LogP contribution in [0.15, 0.2) is 48.6 Å². The number of carboxylic acids is 1. The molecule has 1 saturated carbocycles. The summed E-state index contributed by atoms with van der Waals surface area (Å²) >= 11 is 6.36. The van der Waals surface area contributed by atoms with Crippen molar-refractivity contribution in [3.8, 4) is 5.75 Å². The molecular weight excluding hydrogens is 590 g/mol. The molecule has 0 bridgehead atoms. The van der Waals surface area contributed by atoms with E-state index < -0.39 is 22.3 Å². The number of aliphatic hydroxyl groups is 1. The molecule has 4 aliphatic rings. The van der Waals surface area contributed by atoms with E-state index in [1.165, 1.54) is 15.4 Å². The first-order chi connectivity index (χ1) is 20.5. The average Bonchev–Trinajstić information content (AvgIpc) is 3.37. The van der Waals surface area contributed by atoms with Gasteiger partial charge in [0.1, 0.15) is 5.75 Å². The van der Waals surface area contributed by atoms with Crippen LogP contribution in [-0.2, 0) is 22.0 Å². The first-order valence-electron chi connectivity index (χ1n) is 15.2. The highest BCUT2D eigenvalue weighted by molar-refractivity contribution is 7.86. The SMILES string of the molecule is NS(=O)(=O)N1CCC[C@H]1C/C=C/C(O)[C@@H]1CC[C@H]1CN1C[C@@]2(CCCc3cc(Cl)ccc32)COc2ccc(C(=O)O)cc21. The Morgan fingerprint density at radius 3 is 2.77 bits per heavy atom. The van der Waals surface area contributed by atoms with Crippen molar-refractivity contribution in [3.63, 3.8) is 0 Å². The summed E-state index contributed by atoms with van der Waals surface area (Å²) in [6.07, 6.45) is 9.89. The maximum Gasteiger partial charge on any atom is 0.335 e. The molecule has 11 heteroatoms. The van der Waals surface area contributed by atoms with Crippen molar-refractivity contribution < 1.29 is 28.2 Å². The molecule has 5 atom stereocenters. The Morgan fingerprint density at radius 1 is 1.19 bits per heavy atom. The Balaban J connectivity index is 1.22. The lowest BCUT2D eigenvalue weighted by Crippen LogP contribution is -2.49. The summed E-state index contributed by atoms with van der Waals surface area (Å²) < 4.78 is 31.6. The van der Waals surface area contributed by atoms with Gasteiger partial charge >= 0.3 is 5.97 Å². The number of ether oxygens (including phenoxy) is 1. The van der Waals surface area contributed by atoms with E-state index in [-0.39, 0.29) is 28.9 Å². The van der Waals surface area contributed by atoms with Crippen molar-refractivity contribution in [2.45, 2.75) is 68.9 Å². The summed E-state index contributed by atoms with van der Waals surface area (Å²) in [6, 6.07) is 11.0. The Hall–Kier alpha value is -2.63. The molecule has 1 unspecified atom stereocenters. The predicted octanol–water partition coefficient (Wildman–Crippen LogP) is 4.51. The summed E-state index contributed by atoms with van der Waals surface area (Å²) in [4.78, 5) is 14.2. The number of anilines is 1. The second-order valence-corrected chi connectivity index (χ2v) is 14.6. The molecule has 232 valence electrons. The molecule has 1 spiro atoms. The van der Waals surface area contributed by atoms with E-state index in [0.717, 1.165) is 55.7 Å². The number of carboxylic acid groups (broad SMARTS) is 1. The number of carbonyl (C=O) groups is 1. The standard InChI is InChI=1S/C32H40ClN3O6S/c33-24-10-12-27-21(16-24)4-2-14-32(27)19-35(28-17-22(31(38)39)9-13-30(28)42-20-32)18-23-8-11-26(23)29(37)7-1-5-25-6-3-15-36(25)43(34,40)41/h1,7,9-10,12-13,16-17,23,25-26,29,37H,2-6,8,11,14-15,18-20H2,(H,38,39)(H2,34,40,41)/b7-1+/t23-,25+,26+,29?,32-/m0/s1. The van der Waals surface area contributed by atoms with Gasteiger partial charge in [-0.3, -0.25) is 0 Å². The minimum Gasteiger partial charge on any atom is -0.490 e. The smallest absolute Gasteiger partial charge is 0.335 e.